The average Bonchev–Trinajstić information content (AvgIpc) is 2.64. The highest BCUT2D eigenvalue weighted by Gasteiger charge is 2.34. The average molecular weight is 242 g/mol. The van der Waals surface area contributed by atoms with E-state index in [1.54, 1.807) is 0 Å². The van der Waals surface area contributed by atoms with E-state index in [9.17, 15) is 9.59 Å². The third-order valence-electron chi connectivity index (χ3n) is 3.18. The van der Waals surface area contributed by atoms with E-state index in [0.29, 0.717) is 19.3 Å². The molecule has 5 nitrogen and oxygen atoms in total. The molecule has 0 aromatic carbocycles. The number of carbonyl (C=O) groups is 2. The van der Waals surface area contributed by atoms with Gasteiger partial charge in [0, 0.05) is 18.5 Å². The highest BCUT2D eigenvalue weighted by Crippen LogP contribution is 2.31. The summed E-state index contributed by atoms with van der Waals surface area (Å²) in [5.74, 6) is -1.24. The molecule has 1 unspecified atom stereocenters. The van der Waals surface area contributed by atoms with Crippen molar-refractivity contribution in [2.75, 3.05) is 20.6 Å². The van der Waals surface area contributed by atoms with Crippen molar-refractivity contribution >= 4 is 11.9 Å². The maximum atomic E-state index is 11.9. The minimum atomic E-state index is -0.776. The molecule has 1 rings (SSSR count). The summed E-state index contributed by atoms with van der Waals surface area (Å²) in [7, 11) is 3.91. The van der Waals surface area contributed by atoms with E-state index in [0.717, 1.165) is 6.54 Å². The van der Waals surface area contributed by atoms with Crippen LogP contribution in [0.25, 0.3) is 0 Å². The number of carbonyl (C=O) groups excluding carboxylic acids is 1. The largest absolute Gasteiger partial charge is 0.481 e. The van der Waals surface area contributed by atoms with Crippen LogP contribution < -0.4 is 5.32 Å². The second-order valence-corrected chi connectivity index (χ2v) is 5.22. The fourth-order valence-corrected chi connectivity index (χ4v) is 2.40. The van der Waals surface area contributed by atoms with Crippen LogP contribution in [0.4, 0.5) is 0 Å². The molecule has 1 aliphatic carbocycles. The van der Waals surface area contributed by atoms with Gasteiger partial charge in [0.1, 0.15) is 0 Å². The van der Waals surface area contributed by atoms with Gasteiger partial charge < -0.3 is 15.3 Å². The van der Waals surface area contributed by atoms with Gasteiger partial charge in [-0.25, -0.2) is 0 Å². The number of likely N-dealkylation sites (N-methyl/N-ethyl adjacent to an activating group) is 1. The zero-order valence-corrected chi connectivity index (χ0v) is 10.8. The molecule has 0 saturated heterocycles. The van der Waals surface area contributed by atoms with Crippen molar-refractivity contribution in [3.05, 3.63) is 0 Å². The Morgan fingerprint density at radius 2 is 1.94 bits per heavy atom. The van der Waals surface area contributed by atoms with Crippen LogP contribution in [-0.4, -0.2) is 48.6 Å². The standard InChI is InChI=1S/C12H22N2O3/c1-8(7-14(2)3)13-11(15)9-4-5-10(6-9)12(16)17/h8-10H,4-7H2,1-3H3,(H,13,15)(H,16,17)/t8?,9-,10+/m1/s1. The highest BCUT2D eigenvalue weighted by atomic mass is 16.4. The van der Waals surface area contributed by atoms with Crippen LogP contribution in [0.3, 0.4) is 0 Å². The van der Waals surface area contributed by atoms with Gasteiger partial charge in [-0.3, -0.25) is 9.59 Å². The van der Waals surface area contributed by atoms with E-state index in [1.165, 1.54) is 0 Å². The fraction of sp³-hybridized carbons (Fsp3) is 0.833. The molecule has 3 atom stereocenters. The highest BCUT2D eigenvalue weighted by molar-refractivity contribution is 5.81. The van der Waals surface area contributed by atoms with E-state index in [4.69, 9.17) is 5.11 Å². The number of hydrogen-bond acceptors (Lipinski definition) is 3. The fourth-order valence-electron chi connectivity index (χ4n) is 2.40. The number of carboxylic acid groups (broad SMARTS) is 1. The Labute approximate surface area is 102 Å². The van der Waals surface area contributed by atoms with Crippen LogP contribution in [0, 0.1) is 11.8 Å². The number of aliphatic carboxylic acids is 1. The Kier molecular flexibility index (Phi) is 4.93. The lowest BCUT2D eigenvalue weighted by atomic mass is 10.0. The Balaban J connectivity index is 2.37. The number of hydrogen-bond donors (Lipinski definition) is 2. The predicted octanol–water partition coefficient (Wildman–Crippen LogP) is 0.554. The van der Waals surface area contributed by atoms with Crippen LogP contribution in [-0.2, 0) is 9.59 Å². The lowest BCUT2D eigenvalue weighted by molar-refractivity contribution is -0.141. The summed E-state index contributed by atoms with van der Waals surface area (Å²) in [4.78, 5) is 24.7. The van der Waals surface area contributed by atoms with Crippen molar-refractivity contribution in [3.8, 4) is 0 Å². The molecule has 0 radical (unpaired) electrons. The number of nitrogens with zero attached hydrogens (tertiary/aromatic N) is 1. The van der Waals surface area contributed by atoms with Crippen LogP contribution in [0.15, 0.2) is 0 Å². The van der Waals surface area contributed by atoms with Crippen molar-refractivity contribution in [3.63, 3.8) is 0 Å². The molecular formula is C12H22N2O3. The molecule has 1 saturated carbocycles. The Hall–Kier alpha value is -1.10. The normalized spacial score (nSPS) is 25.9. The summed E-state index contributed by atoms with van der Waals surface area (Å²) in [5, 5.41) is 11.8. The van der Waals surface area contributed by atoms with Crippen molar-refractivity contribution in [1.29, 1.82) is 0 Å². The minimum Gasteiger partial charge on any atom is -0.481 e. The maximum Gasteiger partial charge on any atom is 0.306 e. The Morgan fingerprint density at radius 1 is 1.35 bits per heavy atom. The van der Waals surface area contributed by atoms with Crippen LogP contribution in [0.5, 0.6) is 0 Å². The molecule has 1 amide bonds. The topological polar surface area (TPSA) is 69.6 Å². The summed E-state index contributed by atoms with van der Waals surface area (Å²) in [6.07, 6.45) is 1.79. The SMILES string of the molecule is CC(CN(C)C)NC(=O)[C@@H]1CC[C@H](C(=O)O)C1. The number of carboxylic acids is 1. The van der Waals surface area contributed by atoms with Gasteiger partial charge in [0.2, 0.25) is 5.91 Å². The first-order chi connectivity index (χ1) is 7.90. The van der Waals surface area contributed by atoms with Crippen molar-refractivity contribution in [1.82, 2.24) is 10.2 Å². The molecule has 0 spiro atoms. The summed E-state index contributed by atoms with van der Waals surface area (Å²) >= 11 is 0. The van der Waals surface area contributed by atoms with Crippen LogP contribution >= 0.6 is 0 Å². The Morgan fingerprint density at radius 3 is 2.41 bits per heavy atom. The second kappa shape index (κ2) is 6.00. The third-order valence-corrected chi connectivity index (χ3v) is 3.18. The first-order valence-corrected chi connectivity index (χ1v) is 6.08. The van der Waals surface area contributed by atoms with Gasteiger partial charge in [-0.05, 0) is 40.3 Å². The molecule has 0 bridgehead atoms. The molecule has 98 valence electrons. The number of rotatable bonds is 5. The molecule has 2 N–H and O–H groups in total. The molecule has 0 aliphatic heterocycles. The molecule has 1 aliphatic rings. The zero-order valence-electron chi connectivity index (χ0n) is 10.8. The summed E-state index contributed by atoms with van der Waals surface area (Å²) < 4.78 is 0. The predicted molar refractivity (Wildman–Crippen MR) is 64.6 cm³/mol. The number of nitrogens with one attached hydrogen (secondary N) is 1. The van der Waals surface area contributed by atoms with Gasteiger partial charge in [0.15, 0.2) is 0 Å². The van der Waals surface area contributed by atoms with E-state index < -0.39 is 5.97 Å². The van der Waals surface area contributed by atoms with Gasteiger partial charge in [-0.15, -0.1) is 0 Å². The van der Waals surface area contributed by atoms with E-state index in [1.807, 2.05) is 25.9 Å². The van der Waals surface area contributed by atoms with Crippen LogP contribution in [0.2, 0.25) is 0 Å². The van der Waals surface area contributed by atoms with Gasteiger partial charge in [-0.1, -0.05) is 0 Å². The lowest BCUT2D eigenvalue weighted by Gasteiger charge is -2.20. The summed E-state index contributed by atoms with van der Waals surface area (Å²) in [6.45, 7) is 2.75. The molecule has 5 heteroatoms. The molecule has 1 fully saturated rings. The first kappa shape index (κ1) is 14.0. The molecular weight excluding hydrogens is 220 g/mol. The quantitative estimate of drug-likeness (QED) is 0.739. The molecule has 0 aromatic rings. The van der Waals surface area contributed by atoms with Crippen molar-refractivity contribution in [2.24, 2.45) is 11.8 Å². The smallest absolute Gasteiger partial charge is 0.306 e. The molecule has 0 heterocycles. The zero-order chi connectivity index (χ0) is 13.0. The first-order valence-electron chi connectivity index (χ1n) is 6.08. The van der Waals surface area contributed by atoms with E-state index in [2.05, 4.69) is 5.32 Å². The van der Waals surface area contributed by atoms with E-state index >= 15 is 0 Å². The number of amides is 1. The van der Waals surface area contributed by atoms with Crippen molar-refractivity contribution < 1.29 is 14.7 Å². The van der Waals surface area contributed by atoms with Gasteiger partial charge in [0.25, 0.3) is 0 Å². The van der Waals surface area contributed by atoms with Crippen molar-refractivity contribution in [2.45, 2.75) is 32.2 Å². The maximum absolute atomic E-state index is 11.9. The monoisotopic (exact) mass is 242 g/mol. The summed E-state index contributed by atoms with van der Waals surface area (Å²) in [5.41, 5.74) is 0. The van der Waals surface area contributed by atoms with E-state index in [-0.39, 0.29) is 23.8 Å². The minimum absolute atomic E-state index is 0.00287. The second-order valence-electron chi connectivity index (χ2n) is 5.22. The molecule has 0 aromatic heterocycles. The van der Waals surface area contributed by atoms with Gasteiger partial charge in [-0.2, -0.15) is 0 Å². The summed E-state index contributed by atoms with van der Waals surface area (Å²) in [6, 6.07) is 0.0985. The third kappa shape index (κ3) is 4.34. The van der Waals surface area contributed by atoms with Gasteiger partial charge in [0.05, 0.1) is 5.92 Å². The van der Waals surface area contributed by atoms with Crippen LogP contribution in [0.1, 0.15) is 26.2 Å². The Bertz CT molecular complexity index is 291. The lowest BCUT2D eigenvalue weighted by Crippen LogP contribution is -2.42. The van der Waals surface area contributed by atoms with Gasteiger partial charge >= 0.3 is 5.97 Å². The molecule has 17 heavy (non-hydrogen) atoms.